The maximum absolute atomic E-state index is 12.3. The molecule has 0 radical (unpaired) electrons. The van der Waals surface area contributed by atoms with Crippen LogP contribution in [0.3, 0.4) is 0 Å². The molecule has 0 atom stereocenters. The highest BCUT2D eigenvalue weighted by Crippen LogP contribution is 2.31. The van der Waals surface area contributed by atoms with Gasteiger partial charge in [0.2, 0.25) is 0 Å². The van der Waals surface area contributed by atoms with Gasteiger partial charge in [-0.15, -0.1) is 0 Å². The van der Waals surface area contributed by atoms with Crippen molar-refractivity contribution in [3.63, 3.8) is 0 Å². The molecule has 0 unspecified atom stereocenters. The Morgan fingerprint density at radius 1 is 1.24 bits per heavy atom. The summed E-state index contributed by atoms with van der Waals surface area (Å²) in [5.41, 5.74) is 2.27. The first kappa shape index (κ1) is 13.8. The first-order valence-electron chi connectivity index (χ1n) is 6.77. The maximum atomic E-state index is 12.3. The van der Waals surface area contributed by atoms with E-state index in [9.17, 15) is 4.79 Å². The molecule has 3 rings (SSSR count). The predicted octanol–water partition coefficient (Wildman–Crippen LogP) is 3.07. The van der Waals surface area contributed by atoms with Crippen molar-refractivity contribution in [2.24, 2.45) is 0 Å². The third kappa shape index (κ3) is 2.95. The summed E-state index contributed by atoms with van der Waals surface area (Å²) in [7, 11) is 0. The summed E-state index contributed by atoms with van der Waals surface area (Å²) >= 11 is 6.08. The molecule has 21 heavy (non-hydrogen) atoms. The summed E-state index contributed by atoms with van der Waals surface area (Å²) in [5.74, 6) is 0.441. The van der Waals surface area contributed by atoms with Gasteiger partial charge in [0.05, 0.1) is 11.3 Å². The molecular weight excluding hydrogens is 288 g/mol. The molecule has 1 aliphatic heterocycles. The van der Waals surface area contributed by atoms with Crippen LogP contribution in [0.25, 0.3) is 0 Å². The van der Waals surface area contributed by atoms with E-state index in [1.54, 1.807) is 12.1 Å². The third-order valence-electron chi connectivity index (χ3n) is 3.32. The van der Waals surface area contributed by atoms with Crippen molar-refractivity contribution >= 4 is 23.2 Å². The smallest absolute Gasteiger partial charge is 0.255 e. The van der Waals surface area contributed by atoms with Crippen LogP contribution in [-0.4, -0.2) is 19.1 Å². The number of ether oxygens (including phenoxy) is 1. The van der Waals surface area contributed by atoms with E-state index in [4.69, 9.17) is 16.3 Å². The van der Waals surface area contributed by atoms with Crippen LogP contribution in [0.5, 0.6) is 5.75 Å². The summed E-state index contributed by atoms with van der Waals surface area (Å²) in [5, 5.41) is 6.73. The van der Waals surface area contributed by atoms with Gasteiger partial charge in [0.1, 0.15) is 6.61 Å². The number of halogens is 1. The third-order valence-corrected chi connectivity index (χ3v) is 3.69. The molecule has 1 aliphatic rings. The van der Waals surface area contributed by atoms with Crippen molar-refractivity contribution in [1.29, 1.82) is 0 Å². The molecule has 0 saturated heterocycles. The molecule has 0 aromatic heterocycles. The lowest BCUT2D eigenvalue weighted by atomic mass is 10.1. The normalized spacial score (nSPS) is 12.8. The zero-order valence-corrected chi connectivity index (χ0v) is 12.1. The Balaban J connectivity index is 1.76. The Morgan fingerprint density at radius 2 is 2.10 bits per heavy atom. The first-order chi connectivity index (χ1) is 10.3. The number of rotatable bonds is 3. The van der Waals surface area contributed by atoms with E-state index in [-0.39, 0.29) is 5.91 Å². The van der Waals surface area contributed by atoms with Crippen LogP contribution in [0, 0.1) is 0 Å². The Labute approximate surface area is 128 Å². The summed E-state index contributed by atoms with van der Waals surface area (Å²) in [6.07, 6.45) is 0. The number of amides is 1. The number of anilines is 1. The van der Waals surface area contributed by atoms with Gasteiger partial charge in [-0.05, 0) is 23.8 Å². The van der Waals surface area contributed by atoms with E-state index in [0.717, 1.165) is 17.8 Å². The Kier molecular flexibility index (Phi) is 3.97. The van der Waals surface area contributed by atoms with E-state index in [2.05, 4.69) is 10.6 Å². The fourth-order valence-corrected chi connectivity index (χ4v) is 2.46. The number of benzene rings is 2. The van der Waals surface area contributed by atoms with E-state index < -0.39 is 0 Å². The molecule has 0 fully saturated rings. The first-order valence-corrected chi connectivity index (χ1v) is 7.15. The highest BCUT2D eigenvalue weighted by molar-refractivity contribution is 6.31. The predicted molar refractivity (Wildman–Crippen MR) is 83.0 cm³/mol. The summed E-state index contributed by atoms with van der Waals surface area (Å²) in [6, 6.07) is 12.9. The van der Waals surface area contributed by atoms with Crippen LogP contribution in [-0.2, 0) is 6.54 Å². The fraction of sp³-hybridized carbons (Fsp3) is 0.188. The number of nitrogens with one attached hydrogen (secondary N) is 2. The van der Waals surface area contributed by atoms with Gasteiger partial charge < -0.3 is 15.4 Å². The standard InChI is InChI=1S/C16H15ClN2O2/c17-13-6-2-1-4-11(13)10-19-16(20)12-5-3-7-14-15(12)21-9-8-18-14/h1-7,18H,8-10H2,(H,19,20). The SMILES string of the molecule is O=C(NCc1ccccc1Cl)c1cccc2c1OCCN2. The topological polar surface area (TPSA) is 50.4 Å². The van der Waals surface area contributed by atoms with E-state index in [0.29, 0.717) is 29.5 Å². The van der Waals surface area contributed by atoms with E-state index >= 15 is 0 Å². The number of para-hydroxylation sites is 1. The number of hydrogen-bond donors (Lipinski definition) is 2. The van der Waals surface area contributed by atoms with Crippen LogP contribution in [0.2, 0.25) is 5.02 Å². The van der Waals surface area contributed by atoms with E-state index in [1.165, 1.54) is 0 Å². The second-order valence-electron chi connectivity index (χ2n) is 4.73. The van der Waals surface area contributed by atoms with Gasteiger partial charge in [-0.25, -0.2) is 0 Å². The molecular formula is C16H15ClN2O2. The molecule has 2 aromatic rings. The van der Waals surface area contributed by atoms with E-state index in [1.807, 2.05) is 30.3 Å². The number of carbonyl (C=O) groups is 1. The number of carbonyl (C=O) groups excluding carboxylic acids is 1. The van der Waals surface area contributed by atoms with Gasteiger partial charge in [-0.3, -0.25) is 4.79 Å². The molecule has 108 valence electrons. The molecule has 1 amide bonds. The van der Waals surface area contributed by atoms with Crippen molar-refractivity contribution < 1.29 is 9.53 Å². The second kappa shape index (κ2) is 6.06. The lowest BCUT2D eigenvalue weighted by Gasteiger charge is -2.21. The minimum absolute atomic E-state index is 0.171. The number of fused-ring (bicyclic) bond motifs is 1. The zero-order chi connectivity index (χ0) is 14.7. The van der Waals surface area contributed by atoms with Gasteiger partial charge in [-0.1, -0.05) is 35.9 Å². The van der Waals surface area contributed by atoms with Gasteiger partial charge in [0.25, 0.3) is 5.91 Å². The fourth-order valence-electron chi connectivity index (χ4n) is 2.26. The highest BCUT2D eigenvalue weighted by Gasteiger charge is 2.18. The van der Waals surface area contributed by atoms with Crippen LogP contribution in [0.1, 0.15) is 15.9 Å². The molecule has 0 saturated carbocycles. The summed E-state index contributed by atoms with van der Waals surface area (Å²) in [4.78, 5) is 12.3. The molecule has 5 heteroatoms. The van der Waals surface area contributed by atoms with Crippen LogP contribution < -0.4 is 15.4 Å². The molecule has 2 N–H and O–H groups in total. The van der Waals surface area contributed by atoms with Crippen molar-refractivity contribution in [2.45, 2.75) is 6.54 Å². The lowest BCUT2D eigenvalue weighted by Crippen LogP contribution is -2.26. The Bertz CT molecular complexity index is 673. The monoisotopic (exact) mass is 302 g/mol. The van der Waals surface area contributed by atoms with Crippen molar-refractivity contribution in [3.05, 3.63) is 58.6 Å². The Morgan fingerprint density at radius 3 is 2.95 bits per heavy atom. The molecule has 0 spiro atoms. The highest BCUT2D eigenvalue weighted by atomic mass is 35.5. The second-order valence-corrected chi connectivity index (χ2v) is 5.14. The molecule has 1 heterocycles. The lowest BCUT2D eigenvalue weighted by molar-refractivity contribution is 0.0947. The van der Waals surface area contributed by atoms with Crippen LogP contribution >= 0.6 is 11.6 Å². The van der Waals surface area contributed by atoms with Gasteiger partial charge in [-0.2, -0.15) is 0 Å². The molecule has 0 aliphatic carbocycles. The van der Waals surface area contributed by atoms with Gasteiger partial charge in [0, 0.05) is 18.1 Å². The van der Waals surface area contributed by atoms with Crippen LogP contribution in [0.15, 0.2) is 42.5 Å². The van der Waals surface area contributed by atoms with Gasteiger partial charge in [0.15, 0.2) is 5.75 Å². The molecule has 2 aromatic carbocycles. The minimum Gasteiger partial charge on any atom is -0.489 e. The van der Waals surface area contributed by atoms with Crippen LogP contribution in [0.4, 0.5) is 5.69 Å². The largest absolute Gasteiger partial charge is 0.489 e. The molecule has 4 nitrogen and oxygen atoms in total. The van der Waals surface area contributed by atoms with Crippen molar-refractivity contribution in [2.75, 3.05) is 18.5 Å². The maximum Gasteiger partial charge on any atom is 0.255 e. The molecule has 0 bridgehead atoms. The number of hydrogen-bond acceptors (Lipinski definition) is 3. The van der Waals surface area contributed by atoms with Crippen molar-refractivity contribution in [1.82, 2.24) is 5.32 Å². The average Bonchev–Trinajstić information content (AvgIpc) is 2.53. The Hall–Kier alpha value is -2.20. The summed E-state index contributed by atoms with van der Waals surface area (Å²) < 4.78 is 5.60. The minimum atomic E-state index is -0.171. The van der Waals surface area contributed by atoms with Gasteiger partial charge >= 0.3 is 0 Å². The van der Waals surface area contributed by atoms with Crippen molar-refractivity contribution in [3.8, 4) is 5.75 Å². The average molecular weight is 303 g/mol. The summed E-state index contributed by atoms with van der Waals surface area (Å²) in [6.45, 7) is 1.69. The quantitative estimate of drug-likeness (QED) is 0.916. The zero-order valence-electron chi connectivity index (χ0n) is 11.4.